The van der Waals surface area contributed by atoms with E-state index in [-0.39, 0.29) is 25.7 Å². The molecule has 0 spiro atoms. The minimum atomic E-state index is -4.95. The van der Waals surface area contributed by atoms with Gasteiger partial charge in [-0.2, -0.15) is 0 Å². The van der Waals surface area contributed by atoms with Crippen LogP contribution in [0, 0.1) is 0 Å². The molecule has 3 N–H and O–H groups in total. The van der Waals surface area contributed by atoms with Crippen LogP contribution in [0.2, 0.25) is 0 Å². The normalized spacial score (nSPS) is 14.0. The summed E-state index contributed by atoms with van der Waals surface area (Å²) in [5, 5.41) is 10.6. The number of aliphatic hydroxyl groups excluding tert-OH is 1. The molecule has 0 fully saturated rings. The van der Waals surface area contributed by atoms with Crippen molar-refractivity contribution in [2.45, 2.75) is 399 Å². The minimum Gasteiger partial charge on any atom is -0.462 e. The third kappa shape index (κ3) is 66.5. The van der Waals surface area contributed by atoms with Gasteiger partial charge in [0, 0.05) is 25.7 Å². The first-order chi connectivity index (χ1) is 44.2. The lowest BCUT2D eigenvalue weighted by Gasteiger charge is -2.21. The van der Waals surface area contributed by atoms with Gasteiger partial charge in [-0.15, -0.1) is 0 Å². The zero-order valence-corrected chi connectivity index (χ0v) is 60.6. The number of phosphoric ester groups is 2. The molecule has 0 saturated carbocycles. The maximum atomic E-state index is 13.0. The number of hydrogen-bond donors (Lipinski definition) is 3. The van der Waals surface area contributed by atoms with Gasteiger partial charge in [-0.3, -0.25) is 37.3 Å². The van der Waals surface area contributed by atoms with Crippen molar-refractivity contribution < 1.29 is 80.2 Å². The van der Waals surface area contributed by atoms with Crippen LogP contribution in [0.3, 0.4) is 0 Å². The third-order valence-corrected chi connectivity index (χ3v) is 18.8. The molecule has 0 aromatic rings. The Morgan fingerprint density at radius 2 is 0.440 bits per heavy atom. The molecule has 91 heavy (non-hydrogen) atoms. The fourth-order valence-corrected chi connectivity index (χ4v) is 12.6. The summed E-state index contributed by atoms with van der Waals surface area (Å²) < 4.78 is 68.3. The number of carbonyl (C=O) groups is 4. The smallest absolute Gasteiger partial charge is 0.462 e. The van der Waals surface area contributed by atoms with Gasteiger partial charge in [0.05, 0.1) is 26.4 Å². The molecule has 540 valence electrons. The number of esters is 4. The van der Waals surface area contributed by atoms with E-state index in [2.05, 4.69) is 27.7 Å². The summed E-state index contributed by atoms with van der Waals surface area (Å²) in [5.74, 6) is -2.12. The molecular weight excluding hydrogens is 1200 g/mol. The van der Waals surface area contributed by atoms with E-state index in [4.69, 9.17) is 37.0 Å². The van der Waals surface area contributed by atoms with Crippen LogP contribution >= 0.6 is 15.6 Å². The molecule has 19 heteroatoms. The molecular formula is C72H140O17P2. The molecule has 0 rings (SSSR count). The van der Waals surface area contributed by atoms with Crippen LogP contribution in [0.4, 0.5) is 0 Å². The predicted molar refractivity (Wildman–Crippen MR) is 368 cm³/mol. The summed E-state index contributed by atoms with van der Waals surface area (Å²) in [5.41, 5.74) is 0. The Morgan fingerprint density at radius 3 is 0.648 bits per heavy atom. The number of ether oxygens (including phenoxy) is 4. The zero-order chi connectivity index (χ0) is 66.8. The first-order valence-electron chi connectivity index (χ1n) is 37.8. The SMILES string of the molecule is CCCCCCCCCCCCCCCCCCC(=O)O[C@H](COC(=O)CCCCCCCCCCCCCCCCC)COP(=O)(O)OC[C@@H](O)COP(=O)(O)OC[C@@H](COC(=O)CCCCCCCCC)OC(=O)CCCCCCCCCCCCCCC. The Hall–Kier alpha value is -1.94. The highest BCUT2D eigenvalue weighted by Gasteiger charge is 2.30. The quantitative estimate of drug-likeness (QED) is 0.0222. The molecule has 0 amide bonds. The van der Waals surface area contributed by atoms with Crippen molar-refractivity contribution in [3.63, 3.8) is 0 Å². The number of aliphatic hydroxyl groups is 1. The summed E-state index contributed by atoms with van der Waals surface area (Å²) in [4.78, 5) is 72.5. The molecule has 0 heterocycles. The average molecular weight is 1340 g/mol. The number of phosphoric acid groups is 2. The van der Waals surface area contributed by atoms with E-state index in [1.54, 1.807) is 0 Å². The molecule has 0 radical (unpaired) electrons. The average Bonchev–Trinajstić information content (AvgIpc) is 3.71. The van der Waals surface area contributed by atoms with Gasteiger partial charge in [-0.1, -0.05) is 329 Å². The van der Waals surface area contributed by atoms with Gasteiger partial charge < -0.3 is 33.8 Å². The van der Waals surface area contributed by atoms with Crippen LogP contribution in [0.1, 0.15) is 381 Å². The van der Waals surface area contributed by atoms with E-state index in [0.29, 0.717) is 25.7 Å². The number of hydrogen-bond acceptors (Lipinski definition) is 15. The van der Waals surface area contributed by atoms with Gasteiger partial charge in [-0.25, -0.2) is 9.13 Å². The van der Waals surface area contributed by atoms with Crippen LogP contribution < -0.4 is 0 Å². The van der Waals surface area contributed by atoms with Crippen molar-refractivity contribution in [1.82, 2.24) is 0 Å². The minimum absolute atomic E-state index is 0.108. The Labute approximate surface area is 556 Å². The highest BCUT2D eigenvalue weighted by molar-refractivity contribution is 7.47. The third-order valence-electron chi connectivity index (χ3n) is 16.9. The largest absolute Gasteiger partial charge is 0.472 e. The highest BCUT2D eigenvalue weighted by atomic mass is 31.2. The second-order valence-electron chi connectivity index (χ2n) is 26.0. The molecule has 0 aliphatic carbocycles. The molecule has 5 atom stereocenters. The van der Waals surface area contributed by atoms with Crippen LogP contribution in [-0.2, 0) is 65.4 Å². The van der Waals surface area contributed by atoms with Crippen molar-refractivity contribution in [2.75, 3.05) is 39.6 Å². The van der Waals surface area contributed by atoms with Crippen LogP contribution in [0.5, 0.6) is 0 Å². The first kappa shape index (κ1) is 89.1. The van der Waals surface area contributed by atoms with Crippen molar-refractivity contribution in [1.29, 1.82) is 0 Å². The highest BCUT2D eigenvalue weighted by Crippen LogP contribution is 2.45. The van der Waals surface area contributed by atoms with Crippen LogP contribution in [0.25, 0.3) is 0 Å². The number of carbonyl (C=O) groups excluding carboxylic acids is 4. The van der Waals surface area contributed by atoms with E-state index in [9.17, 15) is 43.2 Å². The summed E-state index contributed by atoms with van der Waals surface area (Å²) in [7, 11) is -9.90. The molecule has 0 aliphatic heterocycles. The molecule has 2 unspecified atom stereocenters. The summed E-state index contributed by atoms with van der Waals surface area (Å²) in [6.45, 7) is 4.93. The lowest BCUT2D eigenvalue weighted by molar-refractivity contribution is -0.161. The Morgan fingerprint density at radius 1 is 0.264 bits per heavy atom. The van der Waals surface area contributed by atoms with Crippen molar-refractivity contribution in [3.05, 3.63) is 0 Å². The van der Waals surface area contributed by atoms with E-state index in [1.807, 2.05) is 0 Å². The molecule has 17 nitrogen and oxygen atoms in total. The molecule has 0 aliphatic rings. The van der Waals surface area contributed by atoms with Crippen molar-refractivity contribution in [3.8, 4) is 0 Å². The Bertz CT molecular complexity index is 1740. The standard InChI is InChI=1S/C72H140O17P2/c1-5-9-13-17-21-24-27-30-32-34-37-40-43-47-51-55-59-72(77)89-68(63-83-70(75)57-53-49-45-41-38-36-33-31-28-25-22-18-14-10-6-2)65-87-91(80,81)85-61-66(73)60-84-90(78,79)86-64-67(62-82-69(74)56-52-48-44-20-16-12-8-4)88-71(76)58-54-50-46-42-39-35-29-26-23-19-15-11-7-3/h66-68,73H,5-65H2,1-4H3,(H,78,79)(H,80,81)/t66-,67+,68+/m0/s1. The number of unbranched alkanes of at least 4 members (excludes halogenated alkanes) is 47. The Balaban J connectivity index is 5.20. The Kier molecular flexibility index (Phi) is 65.2. The molecule has 0 bridgehead atoms. The summed E-state index contributed by atoms with van der Waals surface area (Å²) in [6.07, 6.45) is 55.5. The van der Waals surface area contributed by atoms with Crippen LogP contribution in [-0.4, -0.2) is 96.7 Å². The van der Waals surface area contributed by atoms with Gasteiger partial charge in [0.15, 0.2) is 12.2 Å². The summed E-state index contributed by atoms with van der Waals surface area (Å²) in [6, 6.07) is 0. The summed E-state index contributed by atoms with van der Waals surface area (Å²) >= 11 is 0. The molecule has 0 aromatic heterocycles. The number of rotatable bonds is 73. The fourth-order valence-electron chi connectivity index (χ4n) is 11.0. The lowest BCUT2D eigenvalue weighted by atomic mass is 10.0. The zero-order valence-electron chi connectivity index (χ0n) is 58.8. The second-order valence-corrected chi connectivity index (χ2v) is 28.9. The monoisotopic (exact) mass is 1340 g/mol. The predicted octanol–water partition coefficient (Wildman–Crippen LogP) is 21.1. The second kappa shape index (κ2) is 66.7. The van der Waals surface area contributed by atoms with E-state index < -0.39 is 97.5 Å². The van der Waals surface area contributed by atoms with Gasteiger partial charge in [0.2, 0.25) is 0 Å². The maximum Gasteiger partial charge on any atom is 0.472 e. The van der Waals surface area contributed by atoms with E-state index >= 15 is 0 Å². The van der Waals surface area contributed by atoms with Crippen molar-refractivity contribution >= 4 is 39.5 Å². The van der Waals surface area contributed by atoms with E-state index in [0.717, 1.165) is 103 Å². The van der Waals surface area contributed by atoms with Gasteiger partial charge in [-0.05, 0) is 25.7 Å². The fraction of sp³-hybridized carbons (Fsp3) is 0.944. The topological polar surface area (TPSA) is 237 Å². The van der Waals surface area contributed by atoms with Crippen LogP contribution in [0.15, 0.2) is 0 Å². The molecule has 0 saturated heterocycles. The first-order valence-corrected chi connectivity index (χ1v) is 40.8. The van der Waals surface area contributed by atoms with E-state index in [1.165, 1.54) is 199 Å². The van der Waals surface area contributed by atoms with Gasteiger partial charge in [0.1, 0.15) is 19.3 Å². The lowest BCUT2D eigenvalue weighted by Crippen LogP contribution is -2.30. The van der Waals surface area contributed by atoms with Gasteiger partial charge in [0.25, 0.3) is 0 Å². The van der Waals surface area contributed by atoms with Gasteiger partial charge >= 0.3 is 39.5 Å². The maximum absolute atomic E-state index is 13.0. The van der Waals surface area contributed by atoms with Crippen molar-refractivity contribution in [2.24, 2.45) is 0 Å². The molecule has 0 aromatic carbocycles.